The van der Waals surface area contributed by atoms with Gasteiger partial charge in [-0.25, -0.2) is 4.98 Å². The van der Waals surface area contributed by atoms with E-state index in [4.69, 9.17) is 5.26 Å². The molecule has 3 nitrogen and oxygen atoms in total. The van der Waals surface area contributed by atoms with Gasteiger partial charge < -0.3 is 4.98 Å². The molecule has 0 fully saturated rings. The number of H-pyrrole nitrogens is 1. The molecule has 1 aromatic heterocycles. The third kappa shape index (κ3) is 2.12. The lowest BCUT2D eigenvalue weighted by molar-refractivity contribution is 1.30. The van der Waals surface area contributed by atoms with Gasteiger partial charge in [-0.15, -0.1) is 0 Å². The van der Waals surface area contributed by atoms with E-state index in [1.807, 2.05) is 36.4 Å². The molecule has 0 aliphatic rings. The van der Waals surface area contributed by atoms with Gasteiger partial charge in [0.15, 0.2) is 0 Å². The summed E-state index contributed by atoms with van der Waals surface area (Å²) in [5.41, 5.74) is 2.32. The Hall–Kier alpha value is -2.34. The van der Waals surface area contributed by atoms with Crippen LogP contribution in [0.4, 0.5) is 0 Å². The number of nitrogens with one attached hydrogen (secondary N) is 1. The smallest absolute Gasteiger partial charge is 0.101 e. The topological polar surface area (TPSA) is 52.5 Å². The van der Waals surface area contributed by atoms with Gasteiger partial charge in [0, 0.05) is 0 Å². The Bertz CT molecular complexity index is 489. The summed E-state index contributed by atoms with van der Waals surface area (Å²) in [7, 11) is 0. The SMILES string of the molecule is N#CC(=Cc1ccccc1)c1cnc[nH]1. The summed E-state index contributed by atoms with van der Waals surface area (Å²) in [4.78, 5) is 6.79. The molecule has 1 aromatic carbocycles. The minimum absolute atomic E-state index is 0.582. The second-order valence-corrected chi connectivity index (χ2v) is 3.05. The largest absolute Gasteiger partial charge is 0.344 e. The highest BCUT2D eigenvalue weighted by Crippen LogP contribution is 2.14. The second-order valence-electron chi connectivity index (χ2n) is 3.05. The van der Waals surface area contributed by atoms with Crippen molar-refractivity contribution in [1.29, 1.82) is 5.26 Å². The molecule has 0 spiro atoms. The van der Waals surface area contributed by atoms with Crippen LogP contribution < -0.4 is 0 Å². The van der Waals surface area contributed by atoms with Gasteiger partial charge in [0.2, 0.25) is 0 Å². The van der Waals surface area contributed by atoms with Gasteiger partial charge in [-0.1, -0.05) is 30.3 Å². The van der Waals surface area contributed by atoms with Gasteiger partial charge in [-0.05, 0) is 11.6 Å². The van der Waals surface area contributed by atoms with E-state index in [1.165, 1.54) is 0 Å². The van der Waals surface area contributed by atoms with Crippen molar-refractivity contribution in [3.63, 3.8) is 0 Å². The van der Waals surface area contributed by atoms with Crippen molar-refractivity contribution in [2.45, 2.75) is 0 Å². The van der Waals surface area contributed by atoms with E-state index in [-0.39, 0.29) is 0 Å². The number of aromatic amines is 1. The lowest BCUT2D eigenvalue weighted by Crippen LogP contribution is -1.80. The van der Waals surface area contributed by atoms with Crippen molar-refractivity contribution in [2.75, 3.05) is 0 Å². The van der Waals surface area contributed by atoms with Gasteiger partial charge in [-0.3, -0.25) is 0 Å². The zero-order chi connectivity index (χ0) is 10.5. The van der Waals surface area contributed by atoms with Crippen LogP contribution in [0.5, 0.6) is 0 Å². The van der Waals surface area contributed by atoms with E-state index in [9.17, 15) is 0 Å². The molecule has 1 N–H and O–H groups in total. The Morgan fingerprint density at radius 1 is 1.33 bits per heavy atom. The minimum Gasteiger partial charge on any atom is -0.344 e. The van der Waals surface area contributed by atoms with Gasteiger partial charge >= 0.3 is 0 Å². The lowest BCUT2D eigenvalue weighted by atomic mass is 10.1. The molecule has 2 rings (SSSR count). The second kappa shape index (κ2) is 4.25. The van der Waals surface area contributed by atoms with E-state index in [1.54, 1.807) is 12.5 Å². The maximum atomic E-state index is 8.99. The van der Waals surface area contributed by atoms with Crippen LogP contribution >= 0.6 is 0 Å². The Morgan fingerprint density at radius 2 is 2.13 bits per heavy atom. The molecule has 0 saturated heterocycles. The van der Waals surface area contributed by atoms with Crippen molar-refractivity contribution in [1.82, 2.24) is 9.97 Å². The van der Waals surface area contributed by atoms with Crippen LogP contribution in [-0.2, 0) is 0 Å². The summed E-state index contributed by atoms with van der Waals surface area (Å²) in [6.07, 6.45) is 5.02. The summed E-state index contributed by atoms with van der Waals surface area (Å²) in [5.74, 6) is 0. The summed E-state index contributed by atoms with van der Waals surface area (Å²) in [5, 5.41) is 8.99. The number of nitriles is 1. The number of allylic oxidation sites excluding steroid dienone is 1. The number of hydrogen-bond acceptors (Lipinski definition) is 2. The Balaban J connectivity index is 2.37. The first-order valence-corrected chi connectivity index (χ1v) is 4.56. The fourth-order valence-corrected chi connectivity index (χ4v) is 1.29. The van der Waals surface area contributed by atoms with Crippen LogP contribution in [0.15, 0.2) is 42.9 Å². The molecule has 0 unspecified atom stereocenters. The first-order valence-electron chi connectivity index (χ1n) is 4.56. The quantitative estimate of drug-likeness (QED) is 0.748. The average molecular weight is 195 g/mol. The van der Waals surface area contributed by atoms with Gasteiger partial charge in [0.25, 0.3) is 0 Å². The molecular formula is C12H9N3. The fourth-order valence-electron chi connectivity index (χ4n) is 1.29. The summed E-state index contributed by atoms with van der Waals surface area (Å²) in [6, 6.07) is 11.9. The van der Waals surface area contributed by atoms with Gasteiger partial charge in [0.1, 0.15) is 6.07 Å². The van der Waals surface area contributed by atoms with Crippen molar-refractivity contribution in [3.05, 3.63) is 54.1 Å². The van der Waals surface area contributed by atoms with E-state index in [2.05, 4.69) is 16.0 Å². The standard InChI is InChI=1S/C12H9N3/c13-7-11(12-8-14-9-15-12)6-10-4-2-1-3-5-10/h1-6,8-9H,(H,14,15). The summed E-state index contributed by atoms with van der Waals surface area (Å²) >= 11 is 0. The van der Waals surface area contributed by atoms with Crippen molar-refractivity contribution in [2.24, 2.45) is 0 Å². The van der Waals surface area contributed by atoms with Crippen LogP contribution in [0.2, 0.25) is 0 Å². The maximum absolute atomic E-state index is 8.99. The molecular weight excluding hydrogens is 186 g/mol. The van der Waals surface area contributed by atoms with Gasteiger partial charge in [-0.2, -0.15) is 5.26 Å². The van der Waals surface area contributed by atoms with E-state index in [0.717, 1.165) is 11.3 Å². The molecule has 0 radical (unpaired) electrons. The normalized spacial score (nSPS) is 11.0. The Morgan fingerprint density at radius 3 is 2.73 bits per heavy atom. The van der Waals surface area contributed by atoms with E-state index in [0.29, 0.717) is 5.57 Å². The maximum Gasteiger partial charge on any atom is 0.101 e. The first-order chi connectivity index (χ1) is 7.40. The van der Waals surface area contributed by atoms with E-state index >= 15 is 0 Å². The molecule has 72 valence electrons. The molecule has 2 aromatic rings. The van der Waals surface area contributed by atoms with Crippen molar-refractivity contribution >= 4 is 11.6 Å². The number of aromatic nitrogens is 2. The molecule has 0 atom stereocenters. The molecule has 0 saturated carbocycles. The van der Waals surface area contributed by atoms with Crippen molar-refractivity contribution in [3.8, 4) is 6.07 Å². The Labute approximate surface area is 87.7 Å². The molecule has 0 bridgehead atoms. The highest BCUT2D eigenvalue weighted by Gasteiger charge is 2.00. The van der Waals surface area contributed by atoms with Crippen LogP contribution in [0, 0.1) is 11.3 Å². The summed E-state index contributed by atoms with van der Waals surface area (Å²) in [6.45, 7) is 0. The predicted octanol–water partition coefficient (Wildman–Crippen LogP) is 2.47. The third-order valence-electron chi connectivity index (χ3n) is 2.02. The van der Waals surface area contributed by atoms with Crippen LogP contribution in [0.1, 0.15) is 11.3 Å². The van der Waals surface area contributed by atoms with E-state index < -0.39 is 0 Å². The average Bonchev–Trinajstić information content (AvgIpc) is 2.81. The Kier molecular flexibility index (Phi) is 2.61. The lowest BCUT2D eigenvalue weighted by Gasteiger charge is -1.94. The molecule has 1 heterocycles. The highest BCUT2D eigenvalue weighted by atomic mass is 14.9. The monoisotopic (exact) mass is 195 g/mol. The summed E-state index contributed by atoms with van der Waals surface area (Å²) < 4.78 is 0. The fraction of sp³-hybridized carbons (Fsp3) is 0. The number of benzene rings is 1. The van der Waals surface area contributed by atoms with Gasteiger partial charge in [0.05, 0.1) is 23.8 Å². The van der Waals surface area contributed by atoms with Crippen LogP contribution in [0.3, 0.4) is 0 Å². The molecule has 0 aliphatic carbocycles. The zero-order valence-corrected chi connectivity index (χ0v) is 8.01. The third-order valence-corrected chi connectivity index (χ3v) is 2.02. The molecule has 0 amide bonds. The number of hydrogen-bond donors (Lipinski definition) is 1. The number of imidazole rings is 1. The molecule has 15 heavy (non-hydrogen) atoms. The van der Waals surface area contributed by atoms with Crippen molar-refractivity contribution < 1.29 is 0 Å². The van der Waals surface area contributed by atoms with Crippen LogP contribution in [0.25, 0.3) is 11.6 Å². The predicted molar refractivity (Wildman–Crippen MR) is 58.5 cm³/mol. The zero-order valence-electron chi connectivity index (χ0n) is 8.01. The molecule has 3 heteroatoms. The number of rotatable bonds is 2. The molecule has 0 aliphatic heterocycles. The minimum atomic E-state index is 0.582. The number of nitrogens with zero attached hydrogens (tertiary/aromatic N) is 2. The highest BCUT2D eigenvalue weighted by molar-refractivity contribution is 5.87. The first kappa shape index (κ1) is 9.22. The van der Waals surface area contributed by atoms with Crippen LogP contribution in [-0.4, -0.2) is 9.97 Å².